The molecular formula is C21H26N2O3S. The van der Waals surface area contributed by atoms with Crippen LogP contribution < -0.4 is 15.0 Å². The third-order valence-electron chi connectivity index (χ3n) is 5.48. The van der Waals surface area contributed by atoms with Crippen molar-refractivity contribution < 1.29 is 14.3 Å². The first kappa shape index (κ1) is 18.3. The van der Waals surface area contributed by atoms with Crippen LogP contribution in [-0.2, 0) is 11.3 Å². The van der Waals surface area contributed by atoms with Crippen LogP contribution >= 0.6 is 11.3 Å². The highest BCUT2D eigenvalue weighted by Crippen LogP contribution is 2.31. The van der Waals surface area contributed by atoms with E-state index in [2.05, 4.69) is 5.32 Å². The monoisotopic (exact) mass is 386 g/mol. The molecule has 0 saturated carbocycles. The lowest BCUT2D eigenvalue weighted by atomic mass is 9.93. The van der Waals surface area contributed by atoms with E-state index in [0.29, 0.717) is 31.2 Å². The fourth-order valence-electron chi connectivity index (χ4n) is 4.19. The lowest BCUT2D eigenvalue weighted by Gasteiger charge is -2.29. The van der Waals surface area contributed by atoms with Crippen molar-refractivity contribution in [3.8, 4) is 5.75 Å². The number of anilines is 1. The molecule has 2 fully saturated rings. The van der Waals surface area contributed by atoms with E-state index in [-0.39, 0.29) is 6.09 Å². The summed E-state index contributed by atoms with van der Waals surface area (Å²) < 4.78 is 11.1. The second-order valence-electron chi connectivity index (χ2n) is 7.44. The predicted octanol–water partition coefficient (Wildman–Crippen LogP) is 4.43. The van der Waals surface area contributed by atoms with Gasteiger partial charge in [-0.2, -0.15) is 0 Å². The average Bonchev–Trinajstić information content (AvgIpc) is 3.34. The fraction of sp³-hybridized carbons (Fsp3) is 0.476. The Kier molecular flexibility index (Phi) is 5.64. The Balaban J connectivity index is 1.41. The molecule has 6 heteroatoms. The minimum absolute atomic E-state index is 0.272. The van der Waals surface area contributed by atoms with E-state index in [1.807, 2.05) is 41.8 Å². The zero-order chi connectivity index (χ0) is 18.6. The number of rotatable bonds is 6. The summed E-state index contributed by atoms with van der Waals surface area (Å²) in [4.78, 5) is 14.6. The van der Waals surface area contributed by atoms with Gasteiger partial charge in [0.05, 0.1) is 20.3 Å². The molecule has 144 valence electrons. The normalized spacial score (nSPS) is 23.8. The number of nitrogens with zero attached hydrogens (tertiary/aromatic N) is 1. The Morgan fingerprint density at radius 2 is 2.04 bits per heavy atom. The zero-order valence-corrected chi connectivity index (χ0v) is 16.4. The predicted molar refractivity (Wildman–Crippen MR) is 108 cm³/mol. The van der Waals surface area contributed by atoms with Crippen LogP contribution in [-0.4, -0.2) is 31.9 Å². The summed E-state index contributed by atoms with van der Waals surface area (Å²) in [7, 11) is 1.65. The minimum Gasteiger partial charge on any atom is -0.497 e. The van der Waals surface area contributed by atoms with Crippen LogP contribution in [0.5, 0.6) is 5.75 Å². The van der Waals surface area contributed by atoms with Crippen molar-refractivity contribution in [3.63, 3.8) is 0 Å². The van der Waals surface area contributed by atoms with E-state index in [1.54, 1.807) is 23.3 Å². The van der Waals surface area contributed by atoms with Gasteiger partial charge in [-0.1, -0.05) is 12.1 Å². The number of fused-ring (bicyclic) bond motifs is 2. The third kappa shape index (κ3) is 4.45. The van der Waals surface area contributed by atoms with Gasteiger partial charge in [-0.05, 0) is 66.8 Å². The molecule has 2 atom stereocenters. The topological polar surface area (TPSA) is 50.8 Å². The van der Waals surface area contributed by atoms with E-state index in [1.165, 1.54) is 12.8 Å². The SMILES string of the molecule is COc1cccc(CN(C(=O)OCC2CC3CCC(C2)N3)c2cccs2)c1. The molecule has 1 N–H and O–H groups in total. The van der Waals surface area contributed by atoms with Crippen molar-refractivity contribution in [3.05, 3.63) is 47.3 Å². The summed E-state index contributed by atoms with van der Waals surface area (Å²) in [5, 5.41) is 6.51. The van der Waals surface area contributed by atoms with Gasteiger partial charge < -0.3 is 14.8 Å². The Bertz CT molecular complexity index is 753. The Hall–Kier alpha value is -2.05. The maximum Gasteiger partial charge on any atom is 0.415 e. The van der Waals surface area contributed by atoms with Crippen LogP contribution in [0.3, 0.4) is 0 Å². The van der Waals surface area contributed by atoms with E-state index < -0.39 is 0 Å². The van der Waals surface area contributed by atoms with Crippen molar-refractivity contribution in [1.82, 2.24) is 5.32 Å². The van der Waals surface area contributed by atoms with Gasteiger partial charge in [0.1, 0.15) is 10.8 Å². The summed E-state index contributed by atoms with van der Waals surface area (Å²) >= 11 is 1.54. The van der Waals surface area contributed by atoms with Gasteiger partial charge in [-0.15, -0.1) is 11.3 Å². The smallest absolute Gasteiger partial charge is 0.415 e. The number of hydrogen-bond acceptors (Lipinski definition) is 5. The van der Waals surface area contributed by atoms with Crippen LogP contribution in [0.15, 0.2) is 41.8 Å². The summed E-state index contributed by atoms with van der Waals surface area (Å²) in [6, 6.07) is 12.9. The highest BCUT2D eigenvalue weighted by atomic mass is 32.1. The molecule has 5 nitrogen and oxygen atoms in total. The first-order valence-corrected chi connectivity index (χ1v) is 10.5. The van der Waals surface area contributed by atoms with Crippen molar-refractivity contribution in [1.29, 1.82) is 0 Å². The van der Waals surface area contributed by atoms with Crippen molar-refractivity contribution in [2.24, 2.45) is 5.92 Å². The van der Waals surface area contributed by atoms with Gasteiger partial charge in [-0.3, -0.25) is 4.90 Å². The molecule has 0 spiro atoms. The van der Waals surface area contributed by atoms with Crippen LogP contribution in [0.25, 0.3) is 0 Å². The lowest BCUT2D eigenvalue weighted by Crippen LogP contribution is -2.40. The quantitative estimate of drug-likeness (QED) is 0.798. The van der Waals surface area contributed by atoms with Gasteiger partial charge in [0.2, 0.25) is 0 Å². The molecule has 4 rings (SSSR count). The Morgan fingerprint density at radius 3 is 2.74 bits per heavy atom. The van der Waals surface area contributed by atoms with Crippen LogP contribution in [0, 0.1) is 5.92 Å². The largest absolute Gasteiger partial charge is 0.497 e. The number of ether oxygens (including phenoxy) is 2. The molecule has 1 aromatic carbocycles. The van der Waals surface area contributed by atoms with Gasteiger partial charge in [0.15, 0.2) is 0 Å². The molecule has 2 aliphatic heterocycles. The molecular weight excluding hydrogens is 360 g/mol. The number of hydrogen-bond donors (Lipinski definition) is 1. The number of piperidine rings is 1. The first-order valence-electron chi connectivity index (χ1n) is 9.58. The van der Waals surface area contributed by atoms with E-state index in [0.717, 1.165) is 29.2 Å². The van der Waals surface area contributed by atoms with Crippen molar-refractivity contribution in [2.45, 2.75) is 44.3 Å². The molecule has 1 aromatic heterocycles. The number of benzene rings is 1. The number of nitrogens with one attached hydrogen (secondary N) is 1. The molecule has 2 saturated heterocycles. The van der Waals surface area contributed by atoms with Crippen molar-refractivity contribution in [2.75, 3.05) is 18.6 Å². The van der Waals surface area contributed by atoms with Gasteiger partial charge in [-0.25, -0.2) is 4.79 Å². The maximum atomic E-state index is 12.9. The highest BCUT2D eigenvalue weighted by molar-refractivity contribution is 7.14. The molecule has 3 heterocycles. The van der Waals surface area contributed by atoms with Crippen LogP contribution in [0.1, 0.15) is 31.2 Å². The second-order valence-corrected chi connectivity index (χ2v) is 8.37. The number of thiophene rings is 1. The van der Waals surface area contributed by atoms with Crippen LogP contribution in [0.2, 0.25) is 0 Å². The van der Waals surface area contributed by atoms with E-state index in [9.17, 15) is 4.79 Å². The summed E-state index contributed by atoms with van der Waals surface area (Å²) in [6.07, 6.45) is 4.46. The Morgan fingerprint density at radius 1 is 1.22 bits per heavy atom. The van der Waals surface area contributed by atoms with Gasteiger partial charge >= 0.3 is 6.09 Å². The number of carbonyl (C=O) groups excluding carboxylic acids is 1. The number of carbonyl (C=O) groups is 1. The van der Waals surface area contributed by atoms with E-state index in [4.69, 9.17) is 9.47 Å². The molecule has 2 aromatic rings. The maximum absolute atomic E-state index is 12.9. The minimum atomic E-state index is -0.272. The fourth-order valence-corrected chi connectivity index (χ4v) is 4.91. The molecule has 2 unspecified atom stereocenters. The average molecular weight is 387 g/mol. The first-order chi connectivity index (χ1) is 13.2. The summed E-state index contributed by atoms with van der Waals surface area (Å²) in [5.41, 5.74) is 1.01. The van der Waals surface area contributed by atoms with Gasteiger partial charge in [0.25, 0.3) is 0 Å². The highest BCUT2D eigenvalue weighted by Gasteiger charge is 2.34. The zero-order valence-electron chi connectivity index (χ0n) is 15.6. The lowest BCUT2D eigenvalue weighted by molar-refractivity contribution is 0.116. The molecule has 1 amide bonds. The number of amides is 1. The molecule has 2 aliphatic rings. The molecule has 27 heavy (non-hydrogen) atoms. The number of methoxy groups -OCH3 is 1. The van der Waals surface area contributed by atoms with Crippen molar-refractivity contribution >= 4 is 22.4 Å². The van der Waals surface area contributed by atoms with Gasteiger partial charge in [0, 0.05) is 12.1 Å². The van der Waals surface area contributed by atoms with E-state index >= 15 is 0 Å². The van der Waals surface area contributed by atoms with Crippen LogP contribution in [0.4, 0.5) is 9.80 Å². The third-order valence-corrected chi connectivity index (χ3v) is 6.37. The molecule has 2 bridgehead atoms. The summed E-state index contributed by atoms with van der Waals surface area (Å²) in [5.74, 6) is 1.26. The second kappa shape index (κ2) is 8.31. The molecule has 0 radical (unpaired) electrons. The standard InChI is InChI=1S/C21H26N2O3S/c1-25-19-5-2-4-15(12-19)13-23(20-6-3-9-27-20)21(24)26-14-16-10-17-7-8-18(11-16)22-17/h2-6,9,12,16-18,22H,7-8,10-11,13-14H2,1H3. The molecule has 0 aliphatic carbocycles. The summed E-state index contributed by atoms with van der Waals surface area (Å²) in [6.45, 7) is 0.974. The Labute approximate surface area is 164 Å².